The minimum atomic E-state index is 0. The van der Waals surface area contributed by atoms with Gasteiger partial charge in [0.05, 0.1) is 12.7 Å². The first-order valence-electron chi connectivity index (χ1n) is 6.54. The zero-order valence-electron chi connectivity index (χ0n) is 11.2. The number of carbonyl (C=O) groups is 1. The van der Waals surface area contributed by atoms with Crippen LogP contribution >= 0.6 is 12.4 Å². The molecule has 108 valence electrons. The molecule has 0 aromatic carbocycles. The fourth-order valence-electron chi connectivity index (χ4n) is 2.39. The Hall–Kier alpha value is -1.14. The second-order valence-electron chi connectivity index (χ2n) is 4.99. The Morgan fingerprint density at radius 1 is 1.47 bits per heavy atom. The van der Waals surface area contributed by atoms with Crippen LogP contribution in [-0.4, -0.2) is 44.9 Å². The second-order valence-corrected chi connectivity index (χ2v) is 4.99. The first-order valence-corrected chi connectivity index (χ1v) is 6.54. The maximum absolute atomic E-state index is 12.0. The lowest BCUT2D eigenvalue weighted by Gasteiger charge is -2.33. The van der Waals surface area contributed by atoms with Gasteiger partial charge in [-0.1, -0.05) is 5.21 Å². The van der Waals surface area contributed by atoms with Gasteiger partial charge >= 0.3 is 0 Å². The van der Waals surface area contributed by atoms with Gasteiger partial charge in [0.1, 0.15) is 0 Å². The van der Waals surface area contributed by atoms with Crippen molar-refractivity contribution in [1.82, 2.24) is 19.9 Å². The van der Waals surface area contributed by atoms with Gasteiger partial charge in [-0.15, -0.1) is 17.5 Å². The van der Waals surface area contributed by atoms with Crippen LogP contribution in [0.3, 0.4) is 0 Å². The summed E-state index contributed by atoms with van der Waals surface area (Å²) in [6.07, 6.45) is 5.93. The number of halogens is 1. The topological polar surface area (TPSA) is 77.0 Å². The summed E-state index contributed by atoms with van der Waals surface area (Å²) in [6, 6.07) is 0.234. The number of aryl methyl sites for hydroxylation is 1. The number of rotatable bonds is 4. The lowest BCUT2D eigenvalue weighted by atomic mass is 9.91. The molecule has 0 radical (unpaired) electrons. The van der Waals surface area contributed by atoms with E-state index in [2.05, 4.69) is 10.3 Å². The molecule has 2 heterocycles. The van der Waals surface area contributed by atoms with Crippen LogP contribution in [0.1, 0.15) is 26.2 Å². The number of piperidine rings is 1. The number of aromatic nitrogens is 3. The molecule has 1 aromatic rings. The van der Waals surface area contributed by atoms with E-state index in [9.17, 15) is 4.79 Å². The number of hydrogen-bond donors (Lipinski definition) is 1. The van der Waals surface area contributed by atoms with Gasteiger partial charge in [0.15, 0.2) is 0 Å². The standard InChI is InChI=1S/C12H21N5O.ClH/c1-10(13)11-2-6-16(7-3-11)12(18)4-8-17-9-5-14-15-17;/h5,9-11H,2-4,6-8,13H2,1H3;1H. The molecular formula is C12H22ClN5O. The average Bonchev–Trinajstić information content (AvgIpc) is 2.89. The van der Waals surface area contributed by atoms with Gasteiger partial charge in [-0.2, -0.15) is 0 Å². The van der Waals surface area contributed by atoms with Crippen LogP contribution in [0.4, 0.5) is 0 Å². The van der Waals surface area contributed by atoms with E-state index in [1.165, 1.54) is 0 Å². The number of carbonyl (C=O) groups excluding carboxylic acids is 1. The van der Waals surface area contributed by atoms with Gasteiger partial charge in [-0.05, 0) is 25.7 Å². The fourth-order valence-corrected chi connectivity index (χ4v) is 2.39. The highest BCUT2D eigenvalue weighted by Crippen LogP contribution is 2.19. The molecule has 2 rings (SSSR count). The molecule has 1 fully saturated rings. The van der Waals surface area contributed by atoms with Crippen molar-refractivity contribution in [3.05, 3.63) is 12.4 Å². The van der Waals surface area contributed by atoms with Crippen molar-refractivity contribution in [3.8, 4) is 0 Å². The largest absolute Gasteiger partial charge is 0.343 e. The van der Waals surface area contributed by atoms with Gasteiger partial charge < -0.3 is 10.6 Å². The number of likely N-dealkylation sites (tertiary alicyclic amines) is 1. The molecule has 1 atom stereocenters. The predicted octanol–water partition coefficient (Wildman–Crippen LogP) is 0.676. The third-order valence-electron chi connectivity index (χ3n) is 3.66. The summed E-state index contributed by atoms with van der Waals surface area (Å²) in [5.74, 6) is 0.762. The fraction of sp³-hybridized carbons (Fsp3) is 0.750. The summed E-state index contributed by atoms with van der Waals surface area (Å²) in [7, 11) is 0. The summed E-state index contributed by atoms with van der Waals surface area (Å²) < 4.78 is 1.69. The van der Waals surface area contributed by atoms with Gasteiger partial charge in [0.25, 0.3) is 0 Å². The van der Waals surface area contributed by atoms with E-state index in [0.717, 1.165) is 25.9 Å². The van der Waals surface area contributed by atoms with Crippen molar-refractivity contribution in [3.63, 3.8) is 0 Å². The molecule has 7 heteroatoms. The maximum atomic E-state index is 12.0. The van der Waals surface area contributed by atoms with Crippen molar-refractivity contribution in [2.75, 3.05) is 13.1 Å². The molecule has 6 nitrogen and oxygen atoms in total. The normalized spacial score (nSPS) is 17.9. The van der Waals surface area contributed by atoms with Crippen LogP contribution in [0.2, 0.25) is 0 Å². The first kappa shape index (κ1) is 15.9. The van der Waals surface area contributed by atoms with Crippen molar-refractivity contribution in [2.45, 2.75) is 38.8 Å². The lowest BCUT2D eigenvalue weighted by molar-refractivity contribution is -0.132. The minimum Gasteiger partial charge on any atom is -0.343 e. The second kappa shape index (κ2) is 7.45. The molecule has 1 saturated heterocycles. The highest BCUT2D eigenvalue weighted by Gasteiger charge is 2.24. The molecule has 1 unspecified atom stereocenters. The van der Waals surface area contributed by atoms with E-state index in [4.69, 9.17) is 5.73 Å². The molecule has 0 spiro atoms. The van der Waals surface area contributed by atoms with Gasteiger partial charge in [-0.3, -0.25) is 9.48 Å². The monoisotopic (exact) mass is 287 g/mol. The Labute approximate surface area is 119 Å². The first-order chi connectivity index (χ1) is 8.66. The van der Waals surface area contributed by atoms with E-state index in [1.807, 2.05) is 11.8 Å². The number of nitrogens with zero attached hydrogens (tertiary/aromatic N) is 4. The Balaban J connectivity index is 0.00000180. The maximum Gasteiger partial charge on any atom is 0.224 e. The molecule has 0 aliphatic carbocycles. The molecular weight excluding hydrogens is 266 g/mol. The zero-order chi connectivity index (χ0) is 13.0. The van der Waals surface area contributed by atoms with Crippen LogP contribution in [0.5, 0.6) is 0 Å². The van der Waals surface area contributed by atoms with Crippen molar-refractivity contribution in [1.29, 1.82) is 0 Å². The van der Waals surface area contributed by atoms with Crippen molar-refractivity contribution < 1.29 is 4.79 Å². The molecule has 1 aromatic heterocycles. The number of nitrogens with two attached hydrogens (primary N) is 1. The molecule has 1 amide bonds. The van der Waals surface area contributed by atoms with E-state index in [1.54, 1.807) is 17.1 Å². The van der Waals surface area contributed by atoms with Crippen molar-refractivity contribution >= 4 is 18.3 Å². The summed E-state index contributed by atoms with van der Waals surface area (Å²) in [6.45, 7) is 4.32. The van der Waals surface area contributed by atoms with Gasteiger partial charge in [0.2, 0.25) is 5.91 Å². The molecule has 1 aliphatic rings. The quantitative estimate of drug-likeness (QED) is 0.883. The number of amides is 1. The van der Waals surface area contributed by atoms with E-state index in [-0.39, 0.29) is 24.4 Å². The minimum absolute atomic E-state index is 0. The van der Waals surface area contributed by atoms with E-state index in [0.29, 0.717) is 18.9 Å². The molecule has 19 heavy (non-hydrogen) atoms. The van der Waals surface area contributed by atoms with Crippen LogP contribution in [0.25, 0.3) is 0 Å². The summed E-state index contributed by atoms with van der Waals surface area (Å²) in [5.41, 5.74) is 5.89. The Kier molecular flexibility index (Phi) is 6.24. The summed E-state index contributed by atoms with van der Waals surface area (Å²) in [4.78, 5) is 13.9. The number of hydrogen-bond acceptors (Lipinski definition) is 4. The van der Waals surface area contributed by atoms with Crippen LogP contribution in [0.15, 0.2) is 12.4 Å². The smallest absolute Gasteiger partial charge is 0.224 e. The zero-order valence-corrected chi connectivity index (χ0v) is 12.1. The third kappa shape index (κ3) is 4.47. The van der Waals surface area contributed by atoms with Crippen LogP contribution in [-0.2, 0) is 11.3 Å². The van der Waals surface area contributed by atoms with Crippen LogP contribution < -0.4 is 5.73 Å². The highest BCUT2D eigenvalue weighted by molar-refractivity contribution is 5.85. The molecule has 0 saturated carbocycles. The third-order valence-corrected chi connectivity index (χ3v) is 3.66. The predicted molar refractivity (Wildman–Crippen MR) is 74.8 cm³/mol. The van der Waals surface area contributed by atoms with E-state index < -0.39 is 0 Å². The summed E-state index contributed by atoms with van der Waals surface area (Å²) >= 11 is 0. The van der Waals surface area contributed by atoms with Gasteiger partial charge in [-0.25, -0.2) is 0 Å². The lowest BCUT2D eigenvalue weighted by Crippen LogP contribution is -2.42. The SMILES string of the molecule is CC(N)C1CCN(C(=O)CCn2ccnn2)CC1.Cl. The van der Waals surface area contributed by atoms with Crippen LogP contribution in [0, 0.1) is 5.92 Å². The Bertz CT molecular complexity index is 373. The Morgan fingerprint density at radius 2 is 2.16 bits per heavy atom. The average molecular weight is 288 g/mol. The molecule has 0 bridgehead atoms. The molecule has 1 aliphatic heterocycles. The Morgan fingerprint density at radius 3 is 2.68 bits per heavy atom. The summed E-state index contributed by atoms with van der Waals surface area (Å²) in [5, 5.41) is 7.56. The van der Waals surface area contributed by atoms with Gasteiger partial charge in [0, 0.05) is 31.7 Å². The molecule has 2 N–H and O–H groups in total. The highest BCUT2D eigenvalue weighted by atomic mass is 35.5. The van der Waals surface area contributed by atoms with Crippen molar-refractivity contribution in [2.24, 2.45) is 11.7 Å². The van der Waals surface area contributed by atoms with E-state index >= 15 is 0 Å².